The smallest absolute Gasteiger partial charge is 0.333 e. The van der Waals surface area contributed by atoms with Gasteiger partial charge in [0.2, 0.25) is 0 Å². The van der Waals surface area contributed by atoms with Crippen LogP contribution in [0.1, 0.15) is 13.8 Å². The Morgan fingerprint density at radius 3 is 1.73 bits per heavy atom. The van der Waals surface area contributed by atoms with E-state index in [1.165, 1.54) is 0 Å². The average molecular weight is 162 g/mol. The third-order valence-corrected chi connectivity index (χ3v) is 1.47. The van der Waals surface area contributed by atoms with E-state index in [1.54, 1.807) is 0 Å². The molecular formula is C6H10O5. The Labute approximate surface area is 63.3 Å². The predicted molar refractivity (Wildman–Crippen MR) is 35.1 cm³/mol. The van der Waals surface area contributed by atoms with Crippen molar-refractivity contribution in [2.75, 3.05) is 0 Å². The maximum Gasteiger partial charge on any atom is 0.333 e. The first-order valence-corrected chi connectivity index (χ1v) is 2.94. The molecule has 3 N–H and O–H groups in total. The maximum atomic E-state index is 10.3. The average Bonchev–Trinajstić information content (AvgIpc) is 1.85. The van der Waals surface area contributed by atoms with Crippen LogP contribution in [0.4, 0.5) is 0 Å². The molecule has 0 saturated heterocycles. The summed E-state index contributed by atoms with van der Waals surface area (Å²) >= 11 is 0. The molecule has 0 aliphatic rings. The van der Waals surface area contributed by atoms with Crippen molar-refractivity contribution in [3.05, 3.63) is 0 Å². The minimum Gasteiger partial charge on any atom is -0.481 e. The van der Waals surface area contributed by atoms with E-state index in [-0.39, 0.29) is 0 Å². The first-order valence-electron chi connectivity index (χ1n) is 2.94. The van der Waals surface area contributed by atoms with Crippen LogP contribution in [0, 0.1) is 5.41 Å². The Hall–Kier alpha value is -1.10. The summed E-state index contributed by atoms with van der Waals surface area (Å²) in [6.07, 6.45) is -1.88. The van der Waals surface area contributed by atoms with E-state index in [0.29, 0.717) is 0 Å². The first kappa shape index (κ1) is 9.90. The van der Waals surface area contributed by atoms with Gasteiger partial charge in [0.25, 0.3) is 0 Å². The molecule has 0 aromatic rings. The number of aliphatic hydroxyl groups is 1. The van der Waals surface area contributed by atoms with Gasteiger partial charge >= 0.3 is 11.9 Å². The molecule has 0 amide bonds. The van der Waals surface area contributed by atoms with Crippen LogP contribution in [0.25, 0.3) is 0 Å². The van der Waals surface area contributed by atoms with Crippen molar-refractivity contribution in [3.8, 4) is 0 Å². The second-order valence-electron chi connectivity index (χ2n) is 2.77. The van der Waals surface area contributed by atoms with Crippen molar-refractivity contribution in [1.29, 1.82) is 0 Å². The largest absolute Gasteiger partial charge is 0.481 e. The van der Waals surface area contributed by atoms with Crippen LogP contribution >= 0.6 is 0 Å². The molecule has 0 aromatic carbocycles. The van der Waals surface area contributed by atoms with E-state index in [0.717, 1.165) is 13.8 Å². The highest BCUT2D eigenvalue weighted by Gasteiger charge is 2.40. The SMILES string of the molecule is CC(C)(C(=O)O)[C@@H](O)C(=O)O. The summed E-state index contributed by atoms with van der Waals surface area (Å²) < 4.78 is 0. The molecule has 64 valence electrons. The fourth-order valence-corrected chi connectivity index (χ4v) is 0.426. The molecule has 5 heteroatoms. The number of hydrogen-bond donors (Lipinski definition) is 3. The molecule has 0 rings (SSSR count). The third kappa shape index (κ3) is 1.91. The van der Waals surface area contributed by atoms with Gasteiger partial charge < -0.3 is 15.3 Å². The van der Waals surface area contributed by atoms with E-state index in [9.17, 15) is 9.59 Å². The van der Waals surface area contributed by atoms with E-state index >= 15 is 0 Å². The lowest BCUT2D eigenvalue weighted by Crippen LogP contribution is -2.42. The van der Waals surface area contributed by atoms with E-state index in [4.69, 9.17) is 15.3 Å². The Kier molecular flexibility index (Phi) is 2.59. The summed E-state index contributed by atoms with van der Waals surface area (Å²) in [7, 11) is 0. The summed E-state index contributed by atoms with van der Waals surface area (Å²) in [5, 5.41) is 25.5. The second kappa shape index (κ2) is 2.87. The fourth-order valence-electron chi connectivity index (χ4n) is 0.426. The van der Waals surface area contributed by atoms with Gasteiger partial charge in [0, 0.05) is 0 Å². The van der Waals surface area contributed by atoms with Crippen molar-refractivity contribution in [2.24, 2.45) is 5.41 Å². The van der Waals surface area contributed by atoms with Crippen LogP contribution in [-0.4, -0.2) is 33.4 Å². The Morgan fingerprint density at radius 1 is 1.27 bits per heavy atom. The van der Waals surface area contributed by atoms with E-state index in [2.05, 4.69) is 0 Å². The lowest BCUT2D eigenvalue weighted by molar-refractivity contribution is -0.166. The molecule has 0 radical (unpaired) electrons. The predicted octanol–water partition coefficient (Wildman–Crippen LogP) is -0.457. The maximum absolute atomic E-state index is 10.3. The normalized spacial score (nSPS) is 14.1. The van der Waals surface area contributed by atoms with Crippen LogP contribution in [0.2, 0.25) is 0 Å². The minimum absolute atomic E-state index is 1.15. The Morgan fingerprint density at radius 2 is 1.64 bits per heavy atom. The highest BCUT2D eigenvalue weighted by atomic mass is 16.4. The number of carboxylic acid groups (broad SMARTS) is 2. The van der Waals surface area contributed by atoms with Gasteiger partial charge in [0.05, 0.1) is 5.41 Å². The Balaban J connectivity index is 4.55. The molecule has 5 nitrogen and oxygen atoms in total. The Bertz CT molecular complexity index is 183. The molecule has 11 heavy (non-hydrogen) atoms. The van der Waals surface area contributed by atoms with Crippen molar-refractivity contribution in [1.82, 2.24) is 0 Å². The van der Waals surface area contributed by atoms with Crippen LogP contribution in [-0.2, 0) is 9.59 Å². The summed E-state index contributed by atoms with van der Waals surface area (Å²) in [5.74, 6) is -2.87. The van der Waals surface area contributed by atoms with Gasteiger partial charge in [-0.1, -0.05) is 0 Å². The van der Waals surface area contributed by atoms with Gasteiger partial charge in [-0.15, -0.1) is 0 Å². The zero-order chi connectivity index (χ0) is 9.23. The molecule has 0 fully saturated rings. The van der Waals surface area contributed by atoms with Gasteiger partial charge in [0.15, 0.2) is 6.10 Å². The molecule has 0 heterocycles. The molecule has 0 aliphatic carbocycles. The zero-order valence-corrected chi connectivity index (χ0v) is 6.24. The van der Waals surface area contributed by atoms with Gasteiger partial charge in [-0.3, -0.25) is 4.79 Å². The zero-order valence-electron chi connectivity index (χ0n) is 6.24. The van der Waals surface area contributed by atoms with Crippen LogP contribution in [0.15, 0.2) is 0 Å². The van der Waals surface area contributed by atoms with E-state index < -0.39 is 23.5 Å². The van der Waals surface area contributed by atoms with Crippen LogP contribution in [0.3, 0.4) is 0 Å². The standard InChI is InChI=1S/C6H10O5/c1-6(2,5(10)11)3(7)4(8)9/h3,7H,1-2H3,(H,8,9)(H,10,11)/t3-/m0/s1. The minimum atomic E-state index is -1.88. The van der Waals surface area contributed by atoms with Crippen molar-refractivity contribution >= 4 is 11.9 Å². The number of carbonyl (C=O) groups is 2. The lowest BCUT2D eigenvalue weighted by Gasteiger charge is -2.21. The molecule has 1 atom stereocenters. The number of aliphatic carboxylic acids is 2. The molecule has 0 aliphatic heterocycles. The molecule has 0 unspecified atom stereocenters. The lowest BCUT2D eigenvalue weighted by atomic mass is 9.87. The monoisotopic (exact) mass is 162 g/mol. The van der Waals surface area contributed by atoms with Crippen molar-refractivity contribution in [2.45, 2.75) is 20.0 Å². The molecule has 0 bridgehead atoms. The summed E-state index contributed by atoms with van der Waals surface area (Å²) in [5.41, 5.74) is -1.65. The van der Waals surface area contributed by atoms with Crippen LogP contribution < -0.4 is 0 Å². The molecule has 0 saturated carbocycles. The van der Waals surface area contributed by atoms with Gasteiger partial charge in [-0.25, -0.2) is 4.79 Å². The topological polar surface area (TPSA) is 94.8 Å². The quantitative estimate of drug-likeness (QED) is 0.522. The highest BCUT2D eigenvalue weighted by molar-refractivity contribution is 5.84. The van der Waals surface area contributed by atoms with Gasteiger partial charge in [0.1, 0.15) is 0 Å². The van der Waals surface area contributed by atoms with Crippen molar-refractivity contribution in [3.63, 3.8) is 0 Å². The van der Waals surface area contributed by atoms with Crippen molar-refractivity contribution < 1.29 is 24.9 Å². The summed E-state index contributed by atoms with van der Waals surface area (Å²) in [6.45, 7) is 2.29. The number of aliphatic hydroxyl groups excluding tert-OH is 1. The van der Waals surface area contributed by atoms with E-state index in [1.807, 2.05) is 0 Å². The number of hydrogen-bond acceptors (Lipinski definition) is 3. The highest BCUT2D eigenvalue weighted by Crippen LogP contribution is 2.20. The summed E-state index contributed by atoms with van der Waals surface area (Å²) in [6, 6.07) is 0. The number of carboxylic acids is 2. The molecule has 0 aromatic heterocycles. The fraction of sp³-hybridized carbons (Fsp3) is 0.667. The van der Waals surface area contributed by atoms with Gasteiger partial charge in [-0.05, 0) is 13.8 Å². The number of rotatable bonds is 3. The third-order valence-electron chi connectivity index (χ3n) is 1.47. The van der Waals surface area contributed by atoms with Gasteiger partial charge in [-0.2, -0.15) is 0 Å². The van der Waals surface area contributed by atoms with Crippen LogP contribution in [0.5, 0.6) is 0 Å². The first-order chi connectivity index (χ1) is 4.80. The second-order valence-corrected chi connectivity index (χ2v) is 2.77. The molecular weight excluding hydrogens is 152 g/mol. The molecule has 0 spiro atoms. The summed E-state index contributed by atoms with van der Waals surface area (Å²) in [4.78, 5) is 20.5.